The molecule has 2 aliphatic rings. The van der Waals surface area contributed by atoms with Gasteiger partial charge in [-0.2, -0.15) is 0 Å². The highest BCUT2D eigenvalue weighted by Gasteiger charge is 2.25. The van der Waals surface area contributed by atoms with Gasteiger partial charge in [0.1, 0.15) is 0 Å². The van der Waals surface area contributed by atoms with Crippen LogP contribution in [0.25, 0.3) is 0 Å². The lowest BCUT2D eigenvalue weighted by Gasteiger charge is -2.34. The van der Waals surface area contributed by atoms with Gasteiger partial charge < -0.3 is 14.4 Å². The second-order valence-corrected chi connectivity index (χ2v) is 8.89. The van der Waals surface area contributed by atoms with Crippen molar-refractivity contribution in [2.24, 2.45) is 0 Å². The van der Waals surface area contributed by atoms with Crippen molar-refractivity contribution in [3.05, 3.63) is 39.8 Å². The lowest BCUT2D eigenvalue weighted by Crippen LogP contribution is -2.48. The van der Waals surface area contributed by atoms with E-state index in [1.165, 1.54) is 5.01 Å². The van der Waals surface area contributed by atoms with Crippen LogP contribution < -0.4 is 9.47 Å². The first-order valence-electron chi connectivity index (χ1n) is 9.26. The molecule has 0 spiro atoms. The van der Waals surface area contributed by atoms with Crippen LogP contribution in [0.3, 0.4) is 0 Å². The van der Waals surface area contributed by atoms with Crippen molar-refractivity contribution < 1.29 is 14.3 Å². The Bertz CT molecular complexity index is 835. The molecule has 0 aliphatic carbocycles. The van der Waals surface area contributed by atoms with Crippen LogP contribution in [0, 0.1) is 0 Å². The van der Waals surface area contributed by atoms with Gasteiger partial charge in [-0.1, -0.05) is 20.8 Å². The first-order chi connectivity index (χ1) is 12.9. The average molecular weight is 388 g/mol. The molecule has 7 heteroatoms. The van der Waals surface area contributed by atoms with Crippen LogP contribution in [0.15, 0.2) is 23.6 Å². The summed E-state index contributed by atoms with van der Waals surface area (Å²) >= 11 is 1.73. The lowest BCUT2D eigenvalue weighted by molar-refractivity contribution is 0.0627. The molecule has 0 N–H and O–H groups in total. The summed E-state index contributed by atoms with van der Waals surface area (Å²) in [4.78, 5) is 21.8. The van der Waals surface area contributed by atoms with Crippen LogP contribution in [-0.2, 0) is 12.0 Å². The average Bonchev–Trinajstić information content (AvgIpc) is 3.30. The Morgan fingerprint density at radius 2 is 1.89 bits per heavy atom. The van der Waals surface area contributed by atoms with E-state index >= 15 is 0 Å². The molecule has 1 amide bonds. The third-order valence-corrected chi connectivity index (χ3v) is 6.17. The minimum Gasteiger partial charge on any atom is -0.454 e. The molecule has 0 saturated carbocycles. The van der Waals surface area contributed by atoms with E-state index in [0.29, 0.717) is 17.1 Å². The molecule has 6 nitrogen and oxygen atoms in total. The fraction of sp³-hybridized carbons (Fsp3) is 0.500. The molecule has 3 heterocycles. The summed E-state index contributed by atoms with van der Waals surface area (Å²) in [7, 11) is 0. The van der Waals surface area contributed by atoms with Crippen LogP contribution in [0.4, 0.5) is 0 Å². The Kier molecular flexibility index (Phi) is 4.82. The largest absolute Gasteiger partial charge is 0.454 e. The zero-order chi connectivity index (χ0) is 19.0. The van der Waals surface area contributed by atoms with Crippen LogP contribution in [-0.4, -0.2) is 53.7 Å². The maximum Gasteiger partial charge on any atom is 0.254 e. The molecule has 4 rings (SSSR count). The smallest absolute Gasteiger partial charge is 0.254 e. The number of aromatic nitrogens is 1. The molecular formula is C20H25N3O3S. The van der Waals surface area contributed by atoms with E-state index in [0.717, 1.165) is 38.4 Å². The molecule has 0 atom stereocenters. The quantitative estimate of drug-likeness (QED) is 0.810. The third kappa shape index (κ3) is 3.94. The van der Waals surface area contributed by atoms with E-state index in [1.54, 1.807) is 23.5 Å². The van der Waals surface area contributed by atoms with Gasteiger partial charge in [-0.15, -0.1) is 11.3 Å². The SMILES string of the molecule is CC(C)(C)c1nc(CN2CCN(C(=O)c3ccc4c(c3)OCO4)CC2)cs1. The molecule has 2 aromatic rings. The van der Waals surface area contributed by atoms with E-state index in [9.17, 15) is 4.79 Å². The number of fused-ring (bicyclic) bond motifs is 1. The number of benzene rings is 1. The Morgan fingerprint density at radius 3 is 2.59 bits per heavy atom. The highest BCUT2D eigenvalue weighted by atomic mass is 32.1. The highest BCUT2D eigenvalue weighted by Crippen LogP contribution is 2.33. The maximum absolute atomic E-state index is 12.8. The van der Waals surface area contributed by atoms with Gasteiger partial charge in [0.15, 0.2) is 11.5 Å². The van der Waals surface area contributed by atoms with E-state index < -0.39 is 0 Å². The summed E-state index contributed by atoms with van der Waals surface area (Å²) in [6, 6.07) is 5.40. The van der Waals surface area contributed by atoms with E-state index in [2.05, 4.69) is 31.1 Å². The topological polar surface area (TPSA) is 54.9 Å². The predicted octanol–water partition coefficient (Wildman–Crippen LogP) is 3.13. The molecule has 0 bridgehead atoms. The Morgan fingerprint density at radius 1 is 1.15 bits per heavy atom. The summed E-state index contributed by atoms with van der Waals surface area (Å²) in [5.74, 6) is 1.41. The van der Waals surface area contributed by atoms with Gasteiger partial charge in [0, 0.05) is 49.1 Å². The number of hydrogen-bond acceptors (Lipinski definition) is 6. The van der Waals surface area contributed by atoms with Gasteiger partial charge in [-0.05, 0) is 18.2 Å². The number of ether oxygens (including phenoxy) is 2. The highest BCUT2D eigenvalue weighted by molar-refractivity contribution is 7.09. The zero-order valence-corrected chi connectivity index (χ0v) is 16.8. The second-order valence-electron chi connectivity index (χ2n) is 8.03. The molecule has 0 radical (unpaired) electrons. The van der Waals surface area contributed by atoms with Crippen molar-refractivity contribution in [2.45, 2.75) is 32.7 Å². The van der Waals surface area contributed by atoms with Crippen molar-refractivity contribution in [2.75, 3.05) is 33.0 Å². The molecule has 1 saturated heterocycles. The normalized spacial score (nSPS) is 17.4. The molecule has 0 unspecified atom stereocenters. The number of carbonyl (C=O) groups is 1. The van der Waals surface area contributed by atoms with Crippen LogP contribution in [0.1, 0.15) is 41.8 Å². The number of carbonyl (C=O) groups excluding carboxylic acids is 1. The molecule has 1 aromatic carbocycles. The second kappa shape index (κ2) is 7.13. The standard InChI is InChI=1S/C20H25N3O3S/c1-20(2,3)19-21-15(12-27-19)11-22-6-8-23(9-7-22)18(24)14-4-5-16-17(10-14)26-13-25-16/h4-5,10,12H,6-9,11,13H2,1-3H3. The minimum absolute atomic E-state index is 0.0524. The number of piperazine rings is 1. The summed E-state index contributed by atoms with van der Waals surface area (Å²) < 4.78 is 10.7. The Labute approximate surface area is 163 Å². The van der Waals surface area contributed by atoms with E-state index in [-0.39, 0.29) is 18.1 Å². The minimum atomic E-state index is 0.0524. The van der Waals surface area contributed by atoms with Gasteiger partial charge in [0.05, 0.1) is 10.7 Å². The molecule has 1 aromatic heterocycles. The molecule has 2 aliphatic heterocycles. The first kappa shape index (κ1) is 18.3. The molecule has 1 fully saturated rings. The molecule has 144 valence electrons. The van der Waals surface area contributed by atoms with Gasteiger partial charge >= 0.3 is 0 Å². The number of amides is 1. The summed E-state index contributed by atoms with van der Waals surface area (Å²) in [6.07, 6.45) is 0. The fourth-order valence-corrected chi connectivity index (χ4v) is 4.17. The van der Waals surface area contributed by atoms with Crippen molar-refractivity contribution in [1.29, 1.82) is 0 Å². The van der Waals surface area contributed by atoms with Crippen molar-refractivity contribution in [3.63, 3.8) is 0 Å². The van der Waals surface area contributed by atoms with Crippen molar-refractivity contribution in [3.8, 4) is 11.5 Å². The first-order valence-corrected chi connectivity index (χ1v) is 10.1. The zero-order valence-electron chi connectivity index (χ0n) is 16.0. The van der Waals surface area contributed by atoms with Crippen LogP contribution in [0.5, 0.6) is 11.5 Å². The third-order valence-electron chi connectivity index (χ3n) is 4.86. The van der Waals surface area contributed by atoms with Crippen molar-refractivity contribution in [1.82, 2.24) is 14.8 Å². The maximum atomic E-state index is 12.8. The summed E-state index contributed by atoms with van der Waals surface area (Å²) in [5, 5.41) is 3.33. The van der Waals surface area contributed by atoms with Gasteiger partial charge in [-0.25, -0.2) is 4.98 Å². The number of thiazole rings is 1. The predicted molar refractivity (Wildman–Crippen MR) is 105 cm³/mol. The summed E-state index contributed by atoms with van der Waals surface area (Å²) in [6.45, 7) is 10.8. The summed E-state index contributed by atoms with van der Waals surface area (Å²) in [5.41, 5.74) is 1.88. The van der Waals surface area contributed by atoms with Crippen LogP contribution in [0.2, 0.25) is 0 Å². The monoisotopic (exact) mass is 387 g/mol. The fourth-order valence-electron chi connectivity index (χ4n) is 3.27. The lowest BCUT2D eigenvalue weighted by atomic mass is 9.98. The van der Waals surface area contributed by atoms with E-state index in [4.69, 9.17) is 14.5 Å². The van der Waals surface area contributed by atoms with Gasteiger partial charge in [0.25, 0.3) is 5.91 Å². The number of hydrogen-bond donors (Lipinski definition) is 0. The van der Waals surface area contributed by atoms with Crippen LogP contribution >= 0.6 is 11.3 Å². The molecule has 27 heavy (non-hydrogen) atoms. The number of nitrogens with zero attached hydrogens (tertiary/aromatic N) is 3. The Hall–Kier alpha value is -2.12. The molecular weight excluding hydrogens is 362 g/mol. The van der Waals surface area contributed by atoms with Crippen molar-refractivity contribution >= 4 is 17.2 Å². The van der Waals surface area contributed by atoms with Gasteiger partial charge in [-0.3, -0.25) is 9.69 Å². The Balaban J connectivity index is 1.33. The number of rotatable bonds is 3. The van der Waals surface area contributed by atoms with E-state index in [1.807, 2.05) is 11.0 Å². The van der Waals surface area contributed by atoms with Gasteiger partial charge in [0.2, 0.25) is 6.79 Å².